The smallest absolute Gasteiger partial charge is 0.297 e. The highest BCUT2D eigenvalue weighted by molar-refractivity contribution is 7.91. The van der Waals surface area contributed by atoms with Gasteiger partial charge in [0.1, 0.15) is 28.2 Å². The molecule has 3 saturated carbocycles. The zero-order valence-corrected chi connectivity index (χ0v) is 34.7. The SMILES string of the molecule is C=C[C@@H]1C[C@]1(NC(=O)[C@@H]1C[C@@H](Oc2nc3c(-c4nc(C5CCCC5)cs4)cccc3n2C(C)C)CN1C(=O)[C@@H](N)CCCCCC)C(=O)NS(=O)(=O)C1(C)CC1. The summed E-state index contributed by atoms with van der Waals surface area (Å²) in [6.07, 6.45) is 11.3. The lowest BCUT2D eigenvalue weighted by molar-refractivity contribution is -0.140. The van der Waals surface area contributed by atoms with E-state index in [1.54, 1.807) is 24.3 Å². The van der Waals surface area contributed by atoms with Gasteiger partial charge in [-0.25, -0.2) is 13.4 Å². The first-order valence-electron chi connectivity index (χ1n) is 20.4. The highest BCUT2D eigenvalue weighted by atomic mass is 32.2. The minimum Gasteiger partial charge on any atom is -0.459 e. The minimum atomic E-state index is -3.95. The number of sulfonamides is 1. The van der Waals surface area contributed by atoms with Crippen LogP contribution in [0.1, 0.15) is 129 Å². The first-order valence-corrected chi connectivity index (χ1v) is 22.8. The number of ether oxygens (including phenoxy) is 1. The van der Waals surface area contributed by atoms with Crippen LogP contribution in [-0.2, 0) is 24.4 Å². The van der Waals surface area contributed by atoms with E-state index in [1.165, 1.54) is 30.6 Å². The normalized spacial score (nSPS) is 25.0. The lowest BCUT2D eigenvalue weighted by atomic mass is 10.1. The first-order chi connectivity index (χ1) is 26.7. The van der Waals surface area contributed by atoms with E-state index in [0.717, 1.165) is 53.0 Å². The average molecular weight is 808 g/mol. The van der Waals surface area contributed by atoms with Gasteiger partial charge in [-0.1, -0.05) is 57.6 Å². The highest BCUT2D eigenvalue weighted by Crippen LogP contribution is 2.47. The van der Waals surface area contributed by atoms with E-state index in [0.29, 0.717) is 31.2 Å². The fourth-order valence-corrected chi connectivity index (χ4v) is 10.7. The molecule has 2 aromatic heterocycles. The van der Waals surface area contributed by atoms with Gasteiger partial charge >= 0.3 is 0 Å². The lowest BCUT2D eigenvalue weighted by Gasteiger charge is -2.28. The Morgan fingerprint density at radius 2 is 1.89 bits per heavy atom. The van der Waals surface area contributed by atoms with Gasteiger partial charge < -0.3 is 20.7 Å². The molecular formula is C41H57N7O6S2. The molecular weight excluding hydrogens is 751 g/mol. The molecule has 0 bridgehead atoms. The lowest BCUT2D eigenvalue weighted by Crippen LogP contribution is -2.58. The van der Waals surface area contributed by atoms with Gasteiger partial charge in [-0.3, -0.25) is 23.7 Å². The molecule has 0 radical (unpaired) electrons. The first kappa shape index (κ1) is 40.4. The summed E-state index contributed by atoms with van der Waals surface area (Å²) in [4.78, 5) is 53.5. The van der Waals surface area contributed by atoms with Crippen LogP contribution in [0.5, 0.6) is 6.01 Å². The third kappa shape index (κ3) is 7.75. The van der Waals surface area contributed by atoms with Crippen molar-refractivity contribution in [2.24, 2.45) is 11.7 Å². The summed E-state index contributed by atoms with van der Waals surface area (Å²) in [7, 11) is -3.95. The Bertz CT molecular complexity index is 2090. The Morgan fingerprint density at radius 3 is 2.55 bits per heavy atom. The van der Waals surface area contributed by atoms with Gasteiger partial charge in [0.2, 0.25) is 21.8 Å². The van der Waals surface area contributed by atoms with Crippen LogP contribution in [0.2, 0.25) is 0 Å². The van der Waals surface area contributed by atoms with E-state index in [-0.39, 0.29) is 31.3 Å². The fraction of sp³-hybridized carbons (Fsp3) is 0.634. The number of unbranched alkanes of at least 4 members (excludes halogenated alkanes) is 3. The van der Waals surface area contributed by atoms with Crippen LogP contribution in [0, 0.1) is 5.92 Å². The van der Waals surface area contributed by atoms with E-state index in [1.807, 2.05) is 22.8 Å². The Hall–Kier alpha value is -3.82. The molecule has 1 saturated heterocycles. The van der Waals surface area contributed by atoms with Gasteiger partial charge in [-0.2, -0.15) is 4.98 Å². The number of likely N-dealkylation sites (tertiary alicyclic amines) is 1. The van der Waals surface area contributed by atoms with E-state index < -0.39 is 56.2 Å². The maximum atomic E-state index is 14.3. The molecule has 4 N–H and O–H groups in total. The molecule has 0 spiro atoms. The predicted octanol–water partition coefficient (Wildman–Crippen LogP) is 6.10. The number of carbonyl (C=O) groups excluding carboxylic acids is 3. The molecule has 4 aliphatic rings. The maximum Gasteiger partial charge on any atom is 0.297 e. The molecule has 4 fully saturated rings. The molecule has 13 nitrogen and oxygen atoms in total. The number of imidazole rings is 1. The average Bonchev–Trinajstić information content (AvgIpc) is 3.66. The van der Waals surface area contributed by atoms with Gasteiger partial charge in [-0.15, -0.1) is 17.9 Å². The highest BCUT2D eigenvalue weighted by Gasteiger charge is 2.63. The zero-order chi connectivity index (χ0) is 40.0. The molecule has 56 heavy (non-hydrogen) atoms. The number of rotatable bonds is 17. The van der Waals surface area contributed by atoms with Crippen molar-refractivity contribution >= 4 is 50.1 Å². The molecule has 304 valence electrons. The topological polar surface area (TPSA) is 179 Å². The van der Waals surface area contributed by atoms with Gasteiger partial charge in [0.05, 0.1) is 28.5 Å². The number of benzene rings is 1. The van der Waals surface area contributed by atoms with E-state index >= 15 is 0 Å². The van der Waals surface area contributed by atoms with Crippen LogP contribution in [0.3, 0.4) is 0 Å². The van der Waals surface area contributed by atoms with Gasteiger partial charge in [0.15, 0.2) is 0 Å². The van der Waals surface area contributed by atoms with Crippen molar-refractivity contribution in [2.45, 2.75) is 152 Å². The standard InChI is InChI=1S/C41H57N7O6S2/c1-6-8-9-10-17-30(42)37(50)47-23-28(21-33(47)35(49)45-41(22-27(41)7-2)38(51)46-56(52,53)40(5)19-20-40)54-39-44-34-29(16-13-18-32(34)48(39)25(3)4)36-43-31(24-55-36)26-14-11-12-15-26/h7,13,16,18,24-28,30,33H,2,6,8-12,14-15,17,19-23,42H2,1,3-5H3,(H,45,49)(H,46,51)/t27-,28-,30+,33+,41-/m1/s1. The van der Waals surface area contributed by atoms with Gasteiger partial charge in [-0.05, 0) is 71.4 Å². The number of nitrogens with two attached hydrogens (primary N) is 1. The summed E-state index contributed by atoms with van der Waals surface area (Å²) in [5.41, 5.74) is 8.73. The second-order valence-electron chi connectivity index (χ2n) is 16.9. The monoisotopic (exact) mass is 807 g/mol. The summed E-state index contributed by atoms with van der Waals surface area (Å²) < 4.78 is 36.0. The Labute approximate surface area is 334 Å². The number of hydrogen-bond donors (Lipinski definition) is 3. The second kappa shape index (κ2) is 15.8. The van der Waals surface area contributed by atoms with Crippen molar-refractivity contribution < 1.29 is 27.5 Å². The van der Waals surface area contributed by atoms with E-state index in [2.05, 4.69) is 42.8 Å². The van der Waals surface area contributed by atoms with Crippen LogP contribution in [0.15, 0.2) is 36.2 Å². The number of carbonyl (C=O) groups is 3. The van der Waals surface area contributed by atoms with Crippen LogP contribution >= 0.6 is 11.3 Å². The molecule has 5 atom stereocenters. The molecule has 3 heterocycles. The Morgan fingerprint density at radius 1 is 1.14 bits per heavy atom. The Balaban J connectivity index is 1.15. The van der Waals surface area contributed by atoms with Crippen molar-refractivity contribution in [1.29, 1.82) is 0 Å². The van der Waals surface area contributed by atoms with Crippen molar-refractivity contribution in [3.8, 4) is 16.6 Å². The van der Waals surface area contributed by atoms with Crippen LogP contribution in [-0.4, -0.2) is 80.6 Å². The number of hydrogen-bond acceptors (Lipinski definition) is 10. The van der Waals surface area contributed by atoms with Gasteiger partial charge in [0, 0.05) is 35.2 Å². The quantitative estimate of drug-likeness (QED) is 0.107. The molecule has 0 unspecified atom stereocenters. The molecule has 3 amide bonds. The number of aromatic nitrogens is 3. The van der Waals surface area contributed by atoms with Crippen molar-refractivity contribution in [2.75, 3.05) is 6.54 Å². The summed E-state index contributed by atoms with van der Waals surface area (Å²) in [6.45, 7) is 11.7. The van der Waals surface area contributed by atoms with Crippen LogP contribution in [0.4, 0.5) is 0 Å². The zero-order valence-electron chi connectivity index (χ0n) is 33.1. The third-order valence-electron chi connectivity index (χ3n) is 12.4. The van der Waals surface area contributed by atoms with E-state index in [4.69, 9.17) is 20.4 Å². The van der Waals surface area contributed by atoms with Crippen molar-refractivity contribution in [3.05, 3.63) is 41.9 Å². The van der Waals surface area contributed by atoms with Crippen LogP contribution in [0.25, 0.3) is 21.6 Å². The van der Waals surface area contributed by atoms with Gasteiger partial charge in [0.25, 0.3) is 11.9 Å². The molecule has 3 aromatic rings. The summed E-state index contributed by atoms with van der Waals surface area (Å²) >= 11 is 1.63. The Kier molecular flexibility index (Phi) is 11.4. The molecule has 3 aliphatic carbocycles. The van der Waals surface area contributed by atoms with Crippen LogP contribution < -0.4 is 20.5 Å². The molecule has 7 rings (SSSR count). The number of nitrogens with zero attached hydrogens (tertiary/aromatic N) is 4. The fourth-order valence-electron chi connectivity index (χ4n) is 8.44. The molecule has 1 aliphatic heterocycles. The number of amides is 3. The van der Waals surface area contributed by atoms with E-state index in [9.17, 15) is 22.8 Å². The van der Waals surface area contributed by atoms with Crippen molar-refractivity contribution in [1.82, 2.24) is 29.5 Å². The summed E-state index contributed by atoms with van der Waals surface area (Å²) in [5.74, 6) is -1.71. The van der Waals surface area contributed by atoms with Crippen molar-refractivity contribution in [3.63, 3.8) is 0 Å². The summed E-state index contributed by atoms with van der Waals surface area (Å²) in [6, 6.07) is 4.58. The summed E-state index contributed by atoms with van der Waals surface area (Å²) in [5, 5.41) is 5.95. The predicted molar refractivity (Wildman–Crippen MR) is 218 cm³/mol. The number of thiazole rings is 1. The second-order valence-corrected chi connectivity index (χ2v) is 20.0. The third-order valence-corrected chi connectivity index (χ3v) is 15.5. The number of para-hydroxylation sites is 1. The number of fused-ring (bicyclic) bond motifs is 1. The minimum absolute atomic E-state index is 0.0244. The largest absolute Gasteiger partial charge is 0.459 e. The number of nitrogens with one attached hydrogen (secondary N) is 2. The molecule has 1 aromatic carbocycles. The maximum absolute atomic E-state index is 14.3. The molecule has 15 heteroatoms.